The van der Waals surface area contributed by atoms with Crippen molar-refractivity contribution >= 4 is 11.4 Å². The smallest absolute Gasteiger partial charge is 0.0949 e. The summed E-state index contributed by atoms with van der Waals surface area (Å²) in [5.74, 6) is 0. The van der Waals surface area contributed by atoms with Crippen LogP contribution in [-0.2, 0) is 0 Å². The lowest BCUT2D eigenvalue weighted by molar-refractivity contribution is 0.102. The van der Waals surface area contributed by atoms with Crippen molar-refractivity contribution in [1.29, 1.82) is 0 Å². The quantitative estimate of drug-likeness (QED) is 0.846. The molecule has 3 heteroatoms. The van der Waals surface area contributed by atoms with Crippen molar-refractivity contribution in [2.75, 3.05) is 18.1 Å². The summed E-state index contributed by atoms with van der Waals surface area (Å²) < 4.78 is 0. The molecule has 18 heavy (non-hydrogen) atoms. The van der Waals surface area contributed by atoms with E-state index in [0.29, 0.717) is 6.54 Å². The molecule has 0 amide bonds. The van der Waals surface area contributed by atoms with Crippen molar-refractivity contribution in [2.24, 2.45) is 0 Å². The second-order valence-corrected chi connectivity index (χ2v) is 4.12. The molecule has 2 aromatic carbocycles. The Bertz CT molecular complexity index is 419. The molecule has 0 fully saturated rings. The molecule has 0 aliphatic rings. The fourth-order valence-electron chi connectivity index (χ4n) is 1.84. The van der Waals surface area contributed by atoms with E-state index in [1.165, 1.54) is 0 Å². The molecule has 0 heterocycles. The summed E-state index contributed by atoms with van der Waals surface area (Å²) in [6.45, 7) is 0.126. The first-order chi connectivity index (χ1) is 8.81. The molecule has 0 aliphatic heterocycles. The first kappa shape index (κ1) is 12.6. The molecule has 0 aliphatic carbocycles. The summed E-state index contributed by atoms with van der Waals surface area (Å²) in [7, 11) is 0. The second-order valence-electron chi connectivity index (χ2n) is 4.12. The van der Waals surface area contributed by atoms with Gasteiger partial charge in [-0.2, -0.15) is 0 Å². The van der Waals surface area contributed by atoms with Gasteiger partial charge in [0.1, 0.15) is 0 Å². The van der Waals surface area contributed by atoms with Crippen molar-refractivity contribution in [2.45, 2.75) is 6.10 Å². The second kappa shape index (κ2) is 6.19. The van der Waals surface area contributed by atoms with Gasteiger partial charge in [-0.3, -0.25) is 0 Å². The zero-order chi connectivity index (χ0) is 12.8. The van der Waals surface area contributed by atoms with Crippen LogP contribution in [0.15, 0.2) is 60.7 Å². The molecule has 0 unspecified atom stereocenters. The van der Waals surface area contributed by atoms with Crippen LogP contribution in [0.5, 0.6) is 0 Å². The van der Waals surface area contributed by atoms with Crippen molar-refractivity contribution in [3.8, 4) is 0 Å². The van der Waals surface area contributed by atoms with Crippen molar-refractivity contribution < 1.29 is 10.2 Å². The zero-order valence-electron chi connectivity index (χ0n) is 10.1. The standard InChI is InChI=1S/C15H17NO2/c17-12-15(18)11-16(13-7-3-1-4-8-13)14-9-5-2-6-10-14/h1-10,15,17-18H,11-12H2/t15-/m0/s1. The van der Waals surface area contributed by atoms with Crippen LogP contribution in [0.2, 0.25) is 0 Å². The minimum atomic E-state index is -0.759. The normalized spacial score (nSPS) is 12.1. The predicted molar refractivity (Wildman–Crippen MR) is 73.0 cm³/mol. The average molecular weight is 243 g/mol. The minimum absolute atomic E-state index is 0.240. The van der Waals surface area contributed by atoms with Crippen LogP contribution in [-0.4, -0.2) is 29.5 Å². The largest absolute Gasteiger partial charge is 0.394 e. The number of anilines is 2. The monoisotopic (exact) mass is 243 g/mol. The van der Waals surface area contributed by atoms with Crippen molar-refractivity contribution in [1.82, 2.24) is 0 Å². The van der Waals surface area contributed by atoms with Crippen LogP contribution in [0.25, 0.3) is 0 Å². The molecule has 1 atom stereocenters. The van der Waals surface area contributed by atoms with Gasteiger partial charge in [-0.15, -0.1) is 0 Å². The number of benzene rings is 2. The third kappa shape index (κ3) is 3.09. The number of nitrogens with zero attached hydrogens (tertiary/aromatic N) is 1. The van der Waals surface area contributed by atoms with Gasteiger partial charge in [-0.05, 0) is 24.3 Å². The summed E-state index contributed by atoms with van der Waals surface area (Å²) >= 11 is 0. The van der Waals surface area contributed by atoms with Crippen LogP contribution in [0, 0.1) is 0 Å². The Hall–Kier alpha value is -1.84. The van der Waals surface area contributed by atoms with E-state index in [4.69, 9.17) is 5.11 Å². The molecule has 0 spiro atoms. The fourth-order valence-corrected chi connectivity index (χ4v) is 1.84. The number of hydrogen-bond donors (Lipinski definition) is 2. The highest BCUT2D eigenvalue weighted by molar-refractivity contribution is 5.62. The number of aliphatic hydroxyl groups is 2. The van der Waals surface area contributed by atoms with E-state index in [-0.39, 0.29) is 6.61 Å². The molecule has 0 bridgehead atoms. The third-order valence-corrected chi connectivity index (χ3v) is 2.74. The highest BCUT2D eigenvalue weighted by Crippen LogP contribution is 2.24. The molecule has 2 aromatic rings. The van der Waals surface area contributed by atoms with Crippen molar-refractivity contribution in [3.63, 3.8) is 0 Å². The SMILES string of the molecule is OC[C@@H](O)CN(c1ccccc1)c1ccccc1. The molecule has 0 saturated carbocycles. The highest BCUT2D eigenvalue weighted by atomic mass is 16.3. The molecule has 3 nitrogen and oxygen atoms in total. The Morgan fingerprint density at radius 1 is 0.833 bits per heavy atom. The Morgan fingerprint density at radius 2 is 1.28 bits per heavy atom. The predicted octanol–water partition coefficient (Wildman–Crippen LogP) is 2.18. The van der Waals surface area contributed by atoms with Crippen LogP contribution in [0.3, 0.4) is 0 Å². The lowest BCUT2D eigenvalue weighted by Crippen LogP contribution is -2.30. The van der Waals surface area contributed by atoms with Gasteiger partial charge in [-0.25, -0.2) is 0 Å². The van der Waals surface area contributed by atoms with Gasteiger partial charge in [0, 0.05) is 11.4 Å². The number of aliphatic hydroxyl groups excluding tert-OH is 2. The van der Waals surface area contributed by atoms with Gasteiger partial charge >= 0.3 is 0 Å². The molecule has 94 valence electrons. The Balaban J connectivity index is 2.29. The van der Waals surface area contributed by atoms with E-state index < -0.39 is 6.10 Å². The average Bonchev–Trinajstić information content (AvgIpc) is 2.46. The van der Waals surface area contributed by atoms with E-state index in [0.717, 1.165) is 11.4 Å². The third-order valence-electron chi connectivity index (χ3n) is 2.74. The minimum Gasteiger partial charge on any atom is -0.394 e. The maximum absolute atomic E-state index is 9.66. The lowest BCUT2D eigenvalue weighted by Gasteiger charge is -2.26. The Morgan fingerprint density at radius 3 is 1.67 bits per heavy atom. The van der Waals surface area contributed by atoms with Gasteiger partial charge in [0.25, 0.3) is 0 Å². The maximum Gasteiger partial charge on any atom is 0.0949 e. The first-order valence-electron chi connectivity index (χ1n) is 5.98. The van der Waals surface area contributed by atoms with Gasteiger partial charge in [0.2, 0.25) is 0 Å². The molecule has 2 N–H and O–H groups in total. The van der Waals surface area contributed by atoms with Crippen LogP contribution in [0.1, 0.15) is 0 Å². The zero-order valence-corrected chi connectivity index (χ0v) is 10.1. The first-order valence-corrected chi connectivity index (χ1v) is 5.98. The van der Waals surface area contributed by atoms with Gasteiger partial charge < -0.3 is 15.1 Å². The van der Waals surface area contributed by atoms with Crippen LogP contribution >= 0.6 is 0 Å². The molecule has 0 radical (unpaired) electrons. The van der Waals surface area contributed by atoms with E-state index in [1.807, 2.05) is 65.6 Å². The molecule has 0 aromatic heterocycles. The number of hydrogen-bond acceptors (Lipinski definition) is 3. The summed E-state index contributed by atoms with van der Waals surface area (Å²) in [6.07, 6.45) is -0.759. The van der Waals surface area contributed by atoms with Crippen LogP contribution < -0.4 is 4.90 Å². The maximum atomic E-state index is 9.66. The van der Waals surface area contributed by atoms with E-state index >= 15 is 0 Å². The summed E-state index contributed by atoms with van der Waals surface area (Å²) in [5, 5.41) is 18.7. The Kier molecular flexibility index (Phi) is 4.34. The summed E-state index contributed by atoms with van der Waals surface area (Å²) in [6, 6.07) is 19.7. The molecular weight excluding hydrogens is 226 g/mol. The molecule has 0 saturated heterocycles. The fraction of sp³-hybridized carbons (Fsp3) is 0.200. The van der Waals surface area contributed by atoms with Crippen LogP contribution in [0.4, 0.5) is 11.4 Å². The lowest BCUT2D eigenvalue weighted by atomic mass is 10.2. The van der Waals surface area contributed by atoms with E-state index in [1.54, 1.807) is 0 Å². The van der Waals surface area contributed by atoms with E-state index in [9.17, 15) is 5.11 Å². The number of rotatable bonds is 5. The van der Waals surface area contributed by atoms with Gasteiger partial charge in [0.05, 0.1) is 19.3 Å². The van der Waals surface area contributed by atoms with Gasteiger partial charge in [-0.1, -0.05) is 36.4 Å². The Labute approximate surface area is 107 Å². The molecule has 2 rings (SSSR count). The van der Waals surface area contributed by atoms with Crippen molar-refractivity contribution in [3.05, 3.63) is 60.7 Å². The summed E-state index contributed by atoms with van der Waals surface area (Å²) in [4.78, 5) is 1.99. The van der Waals surface area contributed by atoms with E-state index in [2.05, 4.69) is 0 Å². The summed E-state index contributed by atoms with van der Waals surface area (Å²) in [5.41, 5.74) is 1.99. The topological polar surface area (TPSA) is 43.7 Å². The highest BCUT2D eigenvalue weighted by Gasteiger charge is 2.13. The molecular formula is C15H17NO2. The number of para-hydroxylation sites is 2. The van der Waals surface area contributed by atoms with Gasteiger partial charge in [0.15, 0.2) is 0 Å².